The molecule has 1 aromatic rings. The summed E-state index contributed by atoms with van der Waals surface area (Å²) in [6, 6.07) is 0. The number of carbonyl (C=O) groups excluding carboxylic acids is 2. The smallest absolute Gasteiger partial charge is 0.340 e. The maximum Gasteiger partial charge on any atom is 0.340 e. The zero-order chi connectivity index (χ0) is 14.0. The van der Waals surface area contributed by atoms with E-state index in [4.69, 9.17) is 4.74 Å². The van der Waals surface area contributed by atoms with Crippen LogP contribution in [0.2, 0.25) is 0 Å². The lowest BCUT2D eigenvalue weighted by Crippen LogP contribution is -2.23. The Bertz CT molecular complexity index is 487. The van der Waals surface area contributed by atoms with Crippen LogP contribution >= 0.6 is 0 Å². The number of methoxy groups -OCH3 is 1. The first-order valence-electron chi connectivity index (χ1n) is 5.73. The molecule has 1 aromatic heterocycles. The Morgan fingerprint density at radius 1 is 1.17 bits per heavy atom. The van der Waals surface area contributed by atoms with Gasteiger partial charge in [-0.1, -0.05) is 0 Å². The molecule has 0 N–H and O–H groups in total. The van der Waals surface area contributed by atoms with Gasteiger partial charge in [0.25, 0.3) is 0 Å². The molecule has 0 spiro atoms. The van der Waals surface area contributed by atoms with Crippen LogP contribution in [0.15, 0.2) is 0 Å². The second-order valence-corrected chi connectivity index (χ2v) is 4.63. The van der Waals surface area contributed by atoms with Gasteiger partial charge in [0.2, 0.25) is 0 Å². The van der Waals surface area contributed by atoms with Crippen LogP contribution in [0.25, 0.3) is 0 Å². The largest absolute Gasteiger partial charge is 0.465 e. The Morgan fingerprint density at radius 2 is 1.67 bits per heavy atom. The Kier molecular flexibility index (Phi) is 4.29. The van der Waals surface area contributed by atoms with Gasteiger partial charge in [0, 0.05) is 18.4 Å². The number of nitrogens with zero attached hydrogens (tertiary/aromatic N) is 2. The summed E-state index contributed by atoms with van der Waals surface area (Å²) >= 11 is 0. The highest BCUT2D eigenvalue weighted by atomic mass is 16.5. The first kappa shape index (κ1) is 14.4. The lowest BCUT2D eigenvalue weighted by molar-refractivity contribution is 0.0595. The van der Waals surface area contributed by atoms with E-state index in [1.807, 2.05) is 39.6 Å². The van der Waals surface area contributed by atoms with Crippen molar-refractivity contribution in [3.05, 3.63) is 22.5 Å². The van der Waals surface area contributed by atoms with Gasteiger partial charge in [-0.15, -0.1) is 0 Å². The molecular formula is C13H20N2O3. The molecule has 0 radical (unpaired) electrons. The first-order valence-corrected chi connectivity index (χ1v) is 5.73. The molecule has 100 valence electrons. The lowest BCUT2D eigenvalue weighted by Gasteiger charge is -2.09. The maximum absolute atomic E-state index is 12.2. The molecule has 5 heteroatoms. The molecule has 0 aliphatic heterocycles. The standard InChI is InChI=1S/C13H20N2O3/c1-8-11(10(16)7-14(3)4)12(13(17)18-6)9(2)15(8)5/h7H2,1-6H3. The fourth-order valence-corrected chi connectivity index (χ4v) is 2.01. The molecule has 0 fully saturated rings. The Hall–Kier alpha value is -1.62. The molecule has 0 saturated heterocycles. The zero-order valence-corrected chi connectivity index (χ0v) is 11.8. The SMILES string of the molecule is COC(=O)c1c(C(=O)CN(C)C)c(C)n(C)c1C. The van der Waals surface area contributed by atoms with Gasteiger partial charge in [-0.05, 0) is 27.9 Å². The fraction of sp³-hybridized carbons (Fsp3) is 0.538. The lowest BCUT2D eigenvalue weighted by atomic mass is 10.0. The van der Waals surface area contributed by atoms with Crippen LogP contribution in [-0.2, 0) is 11.8 Å². The third-order valence-electron chi connectivity index (χ3n) is 3.11. The van der Waals surface area contributed by atoms with Crippen molar-refractivity contribution >= 4 is 11.8 Å². The molecule has 1 rings (SSSR count). The number of ether oxygens (including phenoxy) is 1. The number of hydrogen-bond donors (Lipinski definition) is 0. The highest BCUT2D eigenvalue weighted by molar-refractivity contribution is 6.09. The number of likely N-dealkylation sites (N-methyl/N-ethyl adjacent to an activating group) is 1. The number of hydrogen-bond acceptors (Lipinski definition) is 4. The van der Waals surface area contributed by atoms with E-state index in [2.05, 4.69) is 0 Å². The summed E-state index contributed by atoms with van der Waals surface area (Å²) in [7, 11) is 6.80. The molecule has 0 aromatic carbocycles. The van der Waals surface area contributed by atoms with Crippen molar-refractivity contribution < 1.29 is 14.3 Å². The van der Waals surface area contributed by atoms with Crippen molar-refractivity contribution in [2.45, 2.75) is 13.8 Å². The van der Waals surface area contributed by atoms with Crippen molar-refractivity contribution in [2.75, 3.05) is 27.7 Å². The molecule has 0 atom stereocenters. The van der Waals surface area contributed by atoms with E-state index in [0.717, 1.165) is 11.4 Å². The summed E-state index contributed by atoms with van der Waals surface area (Å²) in [5.41, 5.74) is 2.39. The molecule has 0 bridgehead atoms. The summed E-state index contributed by atoms with van der Waals surface area (Å²) in [5, 5.41) is 0. The van der Waals surface area contributed by atoms with Crippen LogP contribution < -0.4 is 0 Å². The highest BCUT2D eigenvalue weighted by Crippen LogP contribution is 2.22. The topological polar surface area (TPSA) is 51.5 Å². The van der Waals surface area contributed by atoms with Crippen molar-refractivity contribution in [3.63, 3.8) is 0 Å². The van der Waals surface area contributed by atoms with Crippen LogP contribution in [0.3, 0.4) is 0 Å². The van der Waals surface area contributed by atoms with Crippen LogP contribution in [0.4, 0.5) is 0 Å². The average Bonchev–Trinajstić information content (AvgIpc) is 2.51. The van der Waals surface area contributed by atoms with E-state index < -0.39 is 5.97 Å². The number of esters is 1. The van der Waals surface area contributed by atoms with Crippen molar-refractivity contribution in [1.82, 2.24) is 9.47 Å². The third kappa shape index (κ3) is 2.46. The Morgan fingerprint density at radius 3 is 2.11 bits per heavy atom. The van der Waals surface area contributed by atoms with Crippen LogP contribution in [0.1, 0.15) is 32.1 Å². The molecule has 0 amide bonds. The molecule has 0 unspecified atom stereocenters. The second kappa shape index (κ2) is 5.35. The number of rotatable bonds is 4. The minimum absolute atomic E-state index is 0.0680. The van der Waals surface area contributed by atoms with Gasteiger partial charge >= 0.3 is 5.97 Å². The molecule has 5 nitrogen and oxygen atoms in total. The maximum atomic E-state index is 12.2. The van der Waals surface area contributed by atoms with Gasteiger partial charge in [0.1, 0.15) is 0 Å². The third-order valence-corrected chi connectivity index (χ3v) is 3.11. The average molecular weight is 252 g/mol. The van der Waals surface area contributed by atoms with Crippen LogP contribution in [0.5, 0.6) is 0 Å². The minimum Gasteiger partial charge on any atom is -0.465 e. The van der Waals surface area contributed by atoms with E-state index in [1.54, 1.807) is 4.90 Å². The van der Waals surface area contributed by atoms with Gasteiger partial charge in [-0.25, -0.2) is 4.79 Å². The van der Waals surface area contributed by atoms with Crippen molar-refractivity contribution in [2.24, 2.45) is 7.05 Å². The van der Waals surface area contributed by atoms with E-state index >= 15 is 0 Å². The fourth-order valence-electron chi connectivity index (χ4n) is 2.01. The number of Topliss-reactive ketones (excluding diaryl/α,β-unsaturated/α-hetero) is 1. The Labute approximate surface area is 107 Å². The van der Waals surface area contributed by atoms with E-state index in [0.29, 0.717) is 11.1 Å². The Balaban J connectivity index is 3.37. The van der Waals surface area contributed by atoms with Gasteiger partial charge < -0.3 is 14.2 Å². The quantitative estimate of drug-likeness (QED) is 0.596. The summed E-state index contributed by atoms with van der Waals surface area (Å²) in [4.78, 5) is 25.8. The summed E-state index contributed by atoms with van der Waals surface area (Å²) in [6.45, 7) is 3.92. The van der Waals surface area contributed by atoms with Crippen molar-refractivity contribution in [3.8, 4) is 0 Å². The predicted molar refractivity (Wildman–Crippen MR) is 69.1 cm³/mol. The van der Waals surface area contributed by atoms with E-state index in [-0.39, 0.29) is 12.3 Å². The monoisotopic (exact) mass is 252 g/mol. The van der Waals surface area contributed by atoms with Crippen LogP contribution in [-0.4, -0.2) is 49.0 Å². The first-order chi connectivity index (χ1) is 8.31. The highest BCUT2D eigenvalue weighted by Gasteiger charge is 2.26. The second-order valence-electron chi connectivity index (χ2n) is 4.63. The normalized spacial score (nSPS) is 10.8. The summed E-state index contributed by atoms with van der Waals surface area (Å²) in [5.74, 6) is -0.528. The van der Waals surface area contributed by atoms with Crippen molar-refractivity contribution in [1.29, 1.82) is 0 Å². The molecular weight excluding hydrogens is 232 g/mol. The summed E-state index contributed by atoms with van der Waals surface area (Å²) in [6.07, 6.45) is 0. The van der Waals surface area contributed by atoms with Gasteiger partial charge in [-0.2, -0.15) is 0 Å². The number of carbonyl (C=O) groups is 2. The van der Waals surface area contributed by atoms with Gasteiger partial charge in [0.15, 0.2) is 5.78 Å². The number of ketones is 1. The minimum atomic E-state index is -0.460. The van der Waals surface area contributed by atoms with E-state index in [1.165, 1.54) is 7.11 Å². The predicted octanol–water partition coefficient (Wildman–Crippen LogP) is 1.17. The molecule has 1 heterocycles. The zero-order valence-electron chi connectivity index (χ0n) is 11.8. The number of aromatic nitrogens is 1. The molecule has 0 saturated carbocycles. The van der Waals surface area contributed by atoms with E-state index in [9.17, 15) is 9.59 Å². The molecule has 0 aliphatic rings. The van der Waals surface area contributed by atoms with Gasteiger partial charge in [-0.3, -0.25) is 4.79 Å². The molecule has 0 aliphatic carbocycles. The van der Waals surface area contributed by atoms with Crippen LogP contribution in [0, 0.1) is 13.8 Å². The van der Waals surface area contributed by atoms with Gasteiger partial charge in [0.05, 0.1) is 24.8 Å². The summed E-state index contributed by atoms with van der Waals surface area (Å²) < 4.78 is 6.61. The molecule has 18 heavy (non-hydrogen) atoms.